The second-order valence-corrected chi connectivity index (χ2v) is 6.06. The van der Waals surface area contributed by atoms with Gasteiger partial charge in [0.15, 0.2) is 5.65 Å². The standard InChI is InChI=1S/C14H18BrN3O/c1-8(2)6-16-14(19)12-10(4)17-13-11(15)5-9(3)7-18(12)13/h5,7-8H,6H2,1-4H3,(H,16,19). The largest absolute Gasteiger partial charge is 0.350 e. The van der Waals surface area contributed by atoms with Crippen molar-refractivity contribution in [3.05, 3.63) is 33.7 Å². The highest BCUT2D eigenvalue weighted by molar-refractivity contribution is 9.10. The molecule has 0 bridgehead atoms. The fourth-order valence-corrected chi connectivity index (χ4v) is 2.64. The zero-order chi connectivity index (χ0) is 14.2. The van der Waals surface area contributed by atoms with Crippen LogP contribution < -0.4 is 5.32 Å². The summed E-state index contributed by atoms with van der Waals surface area (Å²) in [5, 5.41) is 2.94. The molecule has 0 unspecified atom stereocenters. The Balaban J connectivity index is 2.48. The Morgan fingerprint density at radius 1 is 1.47 bits per heavy atom. The predicted molar refractivity (Wildman–Crippen MR) is 79.5 cm³/mol. The summed E-state index contributed by atoms with van der Waals surface area (Å²) >= 11 is 3.49. The van der Waals surface area contributed by atoms with Gasteiger partial charge < -0.3 is 5.32 Å². The van der Waals surface area contributed by atoms with Crippen molar-refractivity contribution in [2.75, 3.05) is 6.54 Å². The molecule has 0 atom stereocenters. The fraction of sp³-hybridized carbons (Fsp3) is 0.429. The van der Waals surface area contributed by atoms with Crippen molar-refractivity contribution in [2.45, 2.75) is 27.7 Å². The molecule has 1 N–H and O–H groups in total. The molecular formula is C14H18BrN3O. The molecule has 5 heteroatoms. The van der Waals surface area contributed by atoms with Crippen molar-refractivity contribution in [1.29, 1.82) is 0 Å². The first kappa shape index (κ1) is 14.1. The van der Waals surface area contributed by atoms with Gasteiger partial charge in [0.1, 0.15) is 5.69 Å². The number of carbonyl (C=O) groups excluding carboxylic acids is 1. The third kappa shape index (κ3) is 2.81. The van der Waals surface area contributed by atoms with Gasteiger partial charge in [-0.15, -0.1) is 0 Å². The molecule has 0 saturated carbocycles. The number of carbonyl (C=O) groups is 1. The van der Waals surface area contributed by atoms with Crippen LogP contribution in [-0.4, -0.2) is 21.8 Å². The average Bonchev–Trinajstić information content (AvgIpc) is 2.63. The minimum absolute atomic E-state index is 0.0730. The van der Waals surface area contributed by atoms with E-state index in [1.165, 1.54) is 0 Å². The zero-order valence-electron chi connectivity index (χ0n) is 11.6. The number of nitrogens with zero attached hydrogens (tertiary/aromatic N) is 2. The van der Waals surface area contributed by atoms with E-state index in [1.807, 2.05) is 30.5 Å². The molecule has 0 aliphatic heterocycles. The van der Waals surface area contributed by atoms with Crippen LogP contribution in [0.25, 0.3) is 5.65 Å². The van der Waals surface area contributed by atoms with E-state index < -0.39 is 0 Å². The smallest absolute Gasteiger partial charge is 0.270 e. The Labute approximate surface area is 121 Å². The lowest BCUT2D eigenvalue weighted by Gasteiger charge is -2.08. The van der Waals surface area contributed by atoms with E-state index in [4.69, 9.17) is 0 Å². The Bertz CT molecular complexity index is 631. The van der Waals surface area contributed by atoms with Crippen LogP contribution in [0.1, 0.15) is 35.6 Å². The van der Waals surface area contributed by atoms with Crippen LogP contribution >= 0.6 is 15.9 Å². The van der Waals surface area contributed by atoms with Crippen LogP contribution in [-0.2, 0) is 0 Å². The Morgan fingerprint density at radius 3 is 2.79 bits per heavy atom. The number of halogens is 1. The summed E-state index contributed by atoms with van der Waals surface area (Å²) in [5.41, 5.74) is 3.21. The normalized spacial score (nSPS) is 11.3. The number of hydrogen-bond acceptors (Lipinski definition) is 2. The number of imidazole rings is 1. The van der Waals surface area contributed by atoms with Crippen LogP contribution in [0.4, 0.5) is 0 Å². The van der Waals surface area contributed by atoms with Crippen molar-refractivity contribution in [2.24, 2.45) is 5.92 Å². The van der Waals surface area contributed by atoms with Crippen LogP contribution in [0.2, 0.25) is 0 Å². The van der Waals surface area contributed by atoms with E-state index in [2.05, 4.69) is 40.1 Å². The summed E-state index contributed by atoms with van der Waals surface area (Å²) in [5.74, 6) is 0.355. The second-order valence-electron chi connectivity index (χ2n) is 5.21. The molecule has 0 aromatic carbocycles. The molecule has 0 saturated heterocycles. The molecule has 2 heterocycles. The summed E-state index contributed by atoms with van der Waals surface area (Å²) < 4.78 is 2.75. The molecule has 0 fully saturated rings. The molecule has 4 nitrogen and oxygen atoms in total. The number of amides is 1. The number of aromatic nitrogens is 2. The van der Waals surface area contributed by atoms with Crippen molar-refractivity contribution in [3.8, 4) is 0 Å². The molecule has 0 aliphatic rings. The predicted octanol–water partition coefficient (Wildman–Crippen LogP) is 3.10. The van der Waals surface area contributed by atoms with Crippen molar-refractivity contribution < 1.29 is 4.79 Å². The summed E-state index contributed by atoms with van der Waals surface area (Å²) in [6, 6.07) is 2.00. The molecular weight excluding hydrogens is 306 g/mol. The number of pyridine rings is 1. The van der Waals surface area contributed by atoms with Gasteiger partial charge in [0, 0.05) is 12.7 Å². The van der Waals surface area contributed by atoms with Gasteiger partial charge in [-0.25, -0.2) is 4.98 Å². The summed E-state index contributed by atoms with van der Waals surface area (Å²) in [7, 11) is 0. The molecule has 102 valence electrons. The minimum atomic E-state index is -0.0730. The molecule has 2 aromatic heterocycles. The highest BCUT2D eigenvalue weighted by Crippen LogP contribution is 2.22. The van der Waals surface area contributed by atoms with E-state index in [1.54, 1.807) is 0 Å². The van der Waals surface area contributed by atoms with Crippen molar-refractivity contribution >= 4 is 27.5 Å². The first-order valence-corrected chi connectivity index (χ1v) is 7.12. The van der Waals surface area contributed by atoms with Crippen molar-refractivity contribution in [1.82, 2.24) is 14.7 Å². The highest BCUT2D eigenvalue weighted by atomic mass is 79.9. The van der Waals surface area contributed by atoms with Gasteiger partial charge in [-0.1, -0.05) is 13.8 Å². The van der Waals surface area contributed by atoms with Gasteiger partial charge in [-0.2, -0.15) is 0 Å². The van der Waals surface area contributed by atoms with Gasteiger partial charge in [0.05, 0.1) is 10.2 Å². The quantitative estimate of drug-likeness (QED) is 0.943. The highest BCUT2D eigenvalue weighted by Gasteiger charge is 2.18. The molecule has 0 aliphatic carbocycles. The molecule has 1 amide bonds. The first-order valence-electron chi connectivity index (χ1n) is 6.33. The molecule has 0 radical (unpaired) electrons. The van der Waals surface area contributed by atoms with Gasteiger partial charge in [0.2, 0.25) is 0 Å². The Kier molecular flexibility index (Phi) is 3.94. The van der Waals surface area contributed by atoms with Crippen LogP contribution in [0.3, 0.4) is 0 Å². The topological polar surface area (TPSA) is 46.4 Å². The summed E-state index contributed by atoms with van der Waals surface area (Å²) in [4.78, 5) is 16.7. The molecule has 2 rings (SSSR count). The lowest BCUT2D eigenvalue weighted by molar-refractivity contribution is 0.0942. The van der Waals surface area contributed by atoms with E-state index in [0.29, 0.717) is 18.2 Å². The lowest BCUT2D eigenvalue weighted by atomic mass is 10.2. The van der Waals surface area contributed by atoms with Gasteiger partial charge in [0.25, 0.3) is 5.91 Å². The van der Waals surface area contributed by atoms with Crippen LogP contribution in [0.5, 0.6) is 0 Å². The Morgan fingerprint density at radius 2 is 2.16 bits per heavy atom. The lowest BCUT2D eigenvalue weighted by Crippen LogP contribution is -2.28. The van der Waals surface area contributed by atoms with Crippen LogP contribution in [0.15, 0.2) is 16.7 Å². The van der Waals surface area contributed by atoms with E-state index in [-0.39, 0.29) is 5.91 Å². The molecule has 19 heavy (non-hydrogen) atoms. The number of hydrogen-bond donors (Lipinski definition) is 1. The van der Waals surface area contributed by atoms with Gasteiger partial charge >= 0.3 is 0 Å². The second kappa shape index (κ2) is 5.33. The van der Waals surface area contributed by atoms with Gasteiger partial charge in [-0.3, -0.25) is 9.20 Å². The third-order valence-corrected chi connectivity index (χ3v) is 3.46. The third-order valence-electron chi connectivity index (χ3n) is 2.87. The Hall–Kier alpha value is -1.36. The monoisotopic (exact) mass is 323 g/mol. The maximum Gasteiger partial charge on any atom is 0.270 e. The number of nitrogens with one attached hydrogen (secondary N) is 1. The SMILES string of the molecule is Cc1cc(Br)c2nc(C)c(C(=O)NCC(C)C)n2c1. The molecule has 0 spiro atoms. The van der Waals surface area contributed by atoms with E-state index in [9.17, 15) is 4.79 Å². The minimum Gasteiger partial charge on any atom is -0.350 e. The maximum atomic E-state index is 12.3. The molecule has 2 aromatic rings. The average molecular weight is 324 g/mol. The van der Waals surface area contributed by atoms with Crippen LogP contribution in [0, 0.1) is 19.8 Å². The first-order chi connectivity index (χ1) is 8.90. The number of aryl methyl sites for hydroxylation is 2. The summed E-state index contributed by atoms with van der Waals surface area (Å²) in [6.45, 7) is 8.66. The number of rotatable bonds is 3. The fourth-order valence-electron chi connectivity index (χ4n) is 2.00. The van der Waals surface area contributed by atoms with Gasteiger partial charge in [-0.05, 0) is 47.3 Å². The number of fused-ring (bicyclic) bond motifs is 1. The van der Waals surface area contributed by atoms with E-state index >= 15 is 0 Å². The summed E-state index contributed by atoms with van der Waals surface area (Å²) in [6.07, 6.45) is 1.93. The zero-order valence-corrected chi connectivity index (χ0v) is 13.2. The van der Waals surface area contributed by atoms with Crippen molar-refractivity contribution in [3.63, 3.8) is 0 Å². The van der Waals surface area contributed by atoms with E-state index in [0.717, 1.165) is 21.4 Å². The maximum absolute atomic E-state index is 12.3.